The largest absolute Gasteiger partial charge is 0.241 e. The molecule has 18 heavy (non-hydrogen) atoms. The first-order chi connectivity index (χ1) is 8.74. The highest BCUT2D eigenvalue weighted by atomic mass is 35.5. The van der Waals surface area contributed by atoms with Gasteiger partial charge in [0.2, 0.25) is 0 Å². The maximum atomic E-state index is 6.49. The zero-order chi connectivity index (χ0) is 12.5. The van der Waals surface area contributed by atoms with Gasteiger partial charge in [0.15, 0.2) is 0 Å². The Hall–Kier alpha value is -0.900. The van der Waals surface area contributed by atoms with Gasteiger partial charge in [0.25, 0.3) is 0 Å². The van der Waals surface area contributed by atoms with Crippen molar-refractivity contribution in [2.45, 2.75) is 18.7 Å². The molecular formula is C14H12ClNS2. The molecule has 0 spiro atoms. The highest BCUT2D eigenvalue weighted by Crippen LogP contribution is 2.32. The fraction of sp³-hybridized carbons (Fsp3) is 0.214. The van der Waals surface area contributed by atoms with Crippen LogP contribution in [-0.4, -0.2) is 4.98 Å². The number of hydrogen-bond donors (Lipinski definition) is 0. The van der Waals surface area contributed by atoms with Crippen molar-refractivity contribution >= 4 is 44.5 Å². The van der Waals surface area contributed by atoms with Crippen molar-refractivity contribution in [3.8, 4) is 0 Å². The Kier molecular flexibility index (Phi) is 3.37. The van der Waals surface area contributed by atoms with Gasteiger partial charge >= 0.3 is 0 Å². The highest BCUT2D eigenvalue weighted by molar-refractivity contribution is 7.18. The van der Waals surface area contributed by atoms with Crippen LogP contribution in [0.3, 0.4) is 0 Å². The standard InChI is InChI=1S/C14H12ClNS2/c1-9-7-17-8-10(9)11(15)6-14-16-12-4-2-3-5-13(12)18-14/h2-5,7-8,11H,6H2,1H3. The van der Waals surface area contributed by atoms with Crippen molar-refractivity contribution in [1.29, 1.82) is 0 Å². The van der Waals surface area contributed by atoms with E-state index >= 15 is 0 Å². The van der Waals surface area contributed by atoms with E-state index in [1.165, 1.54) is 15.8 Å². The van der Waals surface area contributed by atoms with E-state index in [-0.39, 0.29) is 5.38 Å². The number of thiazole rings is 1. The van der Waals surface area contributed by atoms with E-state index in [9.17, 15) is 0 Å². The summed E-state index contributed by atoms with van der Waals surface area (Å²) >= 11 is 9.93. The molecule has 0 aliphatic heterocycles. The van der Waals surface area contributed by atoms with Gasteiger partial charge in [-0.15, -0.1) is 22.9 Å². The first kappa shape index (κ1) is 12.2. The van der Waals surface area contributed by atoms with Gasteiger partial charge in [0.1, 0.15) is 0 Å². The lowest BCUT2D eigenvalue weighted by atomic mass is 10.1. The van der Waals surface area contributed by atoms with E-state index in [1.54, 1.807) is 22.7 Å². The molecule has 0 N–H and O–H groups in total. The zero-order valence-electron chi connectivity index (χ0n) is 9.89. The molecule has 2 heterocycles. The second-order valence-corrected chi connectivity index (χ2v) is 6.64. The van der Waals surface area contributed by atoms with Gasteiger partial charge in [-0.2, -0.15) is 11.3 Å². The number of nitrogens with zero attached hydrogens (tertiary/aromatic N) is 1. The average Bonchev–Trinajstić information content (AvgIpc) is 2.94. The molecule has 0 saturated heterocycles. The van der Waals surface area contributed by atoms with E-state index in [1.807, 2.05) is 12.1 Å². The van der Waals surface area contributed by atoms with Crippen molar-refractivity contribution in [2.75, 3.05) is 0 Å². The number of thiophene rings is 1. The van der Waals surface area contributed by atoms with Gasteiger partial charge < -0.3 is 0 Å². The molecule has 0 aliphatic carbocycles. The lowest BCUT2D eigenvalue weighted by molar-refractivity contribution is 0.908. The van der Waals surface area contributed by atoms with Crippen LogP contribution in [0.2, 0.25) is 0 Å². The van der Waals surface area contributed by atoms with Crippen molar-refractivity contribution in [3.05, 3.63) is 51.2 Å². The Morgan fingerprint density at radius 3 is 2.83 bits per heavy atom. The van der Waals surface area contributed by atoms with Crippen molar-refractivity contribution in [1.82, 2.24) is 4.98 Å². The van der Waals surface area contributed by atoms with E-state index in [2.05, 4.69) is 34.8 Å². The van der Waals surface area contributed by atoms with Crippen molar-refractivity contribution < 1.29 is 0 Å². The van der Waals surface area contributed by atoms with E-state index < -0.39 is 0 Å². The molecule has 0 bridgehead atoms. The SMILES string of the molecule is Cc1cscc1C(Cl)Cc1nc2ccccc2s1. The van der Waals surface area contributed by atoms with E-state index in [4.69, 9.17) is 11.6 Å². The summed E-state index contributed by atoms with van der Waals surface area (Å²) in [6.07, 6.45) is 0.804. The predicted molar refractivity (Wildman–Crippen MR) is 81.0 cm³/mol. The molecule has 3 rings (SSSR count). The molecule has 0 fully saturated rings. The van der Waals surface area contributed by atoms with Crippen LogP contribution in [0.1, 0.15) is 21.5 Å². The molecule has 3 aromatic rings. The summed E-state index contributed by atoms with van der Waals surface area (Å²) in [5.74, 6) is 0. The Balaban J connectivity index is 1.86. The maximum absolute atomic E-state index is 6.49. The number of halogens is 1. The van der Waals surface area contributed by atoms with Crippen LogP contribution in [0.5, 0.6) is 0 Å². The fourth-order valence-electron chi connectivity index (χ4n) is 1.96. The third-order valence-electron chi connectivity index (χ3n) is 2.92. The summed E-state index contributed by atoms with van der Waals surface area (Å²) in [6, 6.07) is 8.22. The minimum Gasteiger partial charge on any atom is -0.241 e. The number of benzene rings is 1. The zero-order valence-corrected chi connectivity index (χ0v) is 12.3. The summed E-state index contributed by atoms with van der Waals surface area (Å²) < 4.78 is 1.23. The Morgan fingerprint density at radius 1 is 1.28 bits per heavy atom. The molecule has 0 saturated carbocycles. The minimum atomic E-state index is 0.0248. The third-order valence-corrected chi connectivity index (χ3v) is 5.25. The number of hydrogen-bond acceptors (Lipinski definition) is 3. The summed E-state index contributed by atoms with van der Waals surface area (Å²) in [5.41, 5.74) is 3.59. The lowest BCUT2D eigenvalue weighted by Gasteiger charge is -2.06. The number of alkyl halides is 1. The second-order valence-electron chi connectivity index (χ2n) is 4.26. The molecule has 92 valence electrons. The number of rotatable bonds is 3. The molecule has 0 aliphatic rings. The summed E-state index contributed by atoms with van der Waals surface area (Å²) in [5, 5.41) is 5.42. The molecule has 1 aromatic carbocycles. The summed E-state index contributed by atoms with van der Waals surface area (Å²) in [7, 11) is 0. The lowest BCUT2D eigenvalue weighted by Crippen LogP contribution is -1.95. The van der Waals surface area contributed by atoms with Crippen LogP contribution >= 0.6 is 34.3 Å². The smallest absolute Gasteiger partial charge is 0.0956 e. The first-order valence-corrected chi connectivity index (χ1v) is 7.95. The van der Waals surface area contributed by atoms with Crippen molar-refractivity contribution in [3.63, 3.8) is 0 Å². The molecular weight excluding hydrogens is 282 g/mol. The van der Waals surface area contributed by atoms with Gasteiger partial charge in [-0.1, -0.05) is 12.1 Å². The van der Waals surface area contributed by atoms with E-state index in [0.717, 1.165) is 16.9 Å². The minimum absolute atomic E-state index is 0.0248. The molecule has 2 aromatic heterocycles. The molecule has 0 amide bonds. The maximum Gasteiger partial charge on any atom is 0.0956 e. The number of para-hydroxylation sites is 1. The van der Waals surface area contributed by atoms with Gasteiger partial charge in [0, 0.05) is 6.42 Å². The second kappa shape index (κ2) is 5.00. The van der Waals surface area contributed by atoms with Crippen LogP contribution in [0.15, 0.2) is 35.0 Å². The number of aromatic nitrogens is 1. The monoisotopic (exact) mass is 293 g/mol. The normalized spacial score (nSPS) is 13.0. The first-order valence-electron chi connectivity index (χ1n) is 5.75. The highest BCUT2D eigenvalue weighted by Gasteiger charge is 2.14. The molecule has 1 nitrogen and oxygen atoms in total. The summed E-state index contributed by atoms with van der Waals surface area (Å²) in [4.78, 5) is 4.63. The quantitative estimate of drug-likeness (QED) is 0.606. The van der Waals surface area contributed by atoms with Crippen LogP contribution in [0.4, 0.5) is 0 Å². The van der Waals surface area contributed by atoms with Gasteiger partial charge in [-0.05, 0) is 40.9 Å². The molecule has 1 unspecified atom stereocenters. The van der Waals surface area contributed by atoms with Gasteiger partial charge in [-0.3, -0.25) is 0 Å². The number of fused-ring (bicyclic) bond motifs is 1. The van der Waals surface area contributed by atoms with Gasteiger partial charge in [0.05, 0.1) is 20.6 Å². The number of aryl methyl sites for hydroxylation is 1. The average molecular weight is 294 g/mol. The Bertz CT molecular complexity index is 638. The predicted octanol–water partition coefficient (Wildman–Crippen LogP) is 5.19. The van der Waals surface area contributed by atoms with E-state index in [0.29, 0.717) is 0 Å². The van der Waals surface area contributed by atoms with Crippen LogP contribution < -0.4 is 0 Å². The molecule has 4 heteroatoms. The Morgan fingerprint density at radius 2 is 2.11 bits per heavy atom. The van der Waals surface area contributed by atoms with Gasteiger partial charge in [-0.25, -0.2) is 4.98 Å². The van der Waals surface area contributed by atoms with Crippen LogP contribution in [0.25, 0.3) is 10.2 Å². The topological polar surface area (TPSA) is 12.9 Å². The van der Waals surface area contributed by atoms with Crippen molar-refractivity contribution in [2.24, 2.45) is 0 Å². The third kappa shape index (κ3) is 2.30. The molecule has 0 radical (unpaired) electrons. The van der Waals surface area contributed by atoms with Crippen LogP contribution in [0, 0.1) is 6.92 Å². The van der Waals surface area contributed by atoms with Crippen LogP contribution in [-0.2, 0) is 6.42 Å². The molecule has 1 atom stereocenters. The fourth-order valence-corrected chi connectivity index (χ4v) is 4.43. The summed E-state index contributed by atoms with van der Waals surface area (Å²) in [6.45, 7) is 2.11. The Labute approximate surface area is 119 Å².